The fourth-order valence-electron chi connectivity index (χ4n) is 3.10. The number of rotatable bonds is 5. The Morgan fingerprint density at radius 3 is 2.57 bits per heavy atom. The third kappa shape index (κ3) is 3.46. The summed E-state index contributed by atoms with van der Waals surface area (Å²) in [6, 6.07) is 7.61. The van der Waals surface area contributed by atoms with Crippen LogP contribution < -0.4 is 5.32 Å². The van der Waals surface area contributed by atoms with Gasteiger partial charge >= 0.3 is 5.97 Å². The fraction of sp³-hybridized carbons (Fsp3) is 0.200. The molecule has 0 unspecified atom stereocenters. The smallest absolute Gasteiger partial charge is 0.335 e. The molecule has 0 spiro atoms. The van der Waals surface area contributed by atoms with Crippen molar-refractivity contribution in [2.24, 2.45) is 7.05 Å². The lowest BCUT2D eigenvalue weighted by Gasteiger charge is -2.18. The molecule has 1 aromatic heterocycles. The number of aromatic nitrogens is 1. The lowest BCUT2D eigenvalue weighted by molar-refractivity contribution is 0.0695. The molecule has 6 nitrogen and oxygen atoms in total. The minimum Gasteiger partial charge on any atom is -0.478 e. The van der Waals surface area contributed by atoms with Gasteiger partial charge in [-0.15, -0.1) is 0 Å². The molecule has 1 heterocycles. The standard InChI is InChI=1S/C20H18ClFN2O4/c1-10-3-6-16-13(18(10)21)8-17(24(16)2)19(26)23-15(9-25)12-5-4-11(20(27)28)7-14(12)22/h3-8,15,25H,9H2,1-2H3,(H,23,26)(H,27,28)/t15-/m1/s1. The average Bonchev–Trinajstić information content (AvgIpc) is 3.00. The zero-order valence-corrected chi connectivity index (χ0v) is 15.9. The molecule has 0 aliphatic carbocycles. The Morgan fingerprint density at radius 1 is 1.25 bits per heavy atom. The number of amides is 1. The maximum Gasteiger partial charge on any atom is 0.335 e. The number of aromatic carboxylic acids is 1. The van der Waals surface area contributed by atoms with Crippen LogP contribution in [0.25, 0.3) is 10.9 Å². The van der Waals surface area contributed by atoms with Crippen molar-refractivity contribution < 1.29 is 24.2 Å². The van der Waals surface area contributed by atoms with Crippen LogP contribution in [0.3, 0.4) is 0 Å². The van der Waals surface area contributed by atoms with Crippen molar-refractivity contribution in [2.45, 2.75) is 13.0 Å². The number of carboxylic acid groups (broad SMARTS) is 1. The molecule has 0 aliphatic rings. The van der Waals surface area contributed by atoms with Gasteiger partial charge < -0.3 is 20.1 Å². The molecule has 0 saturated heterocycles. The lowest BCUT2D eigenvalue weighted by atomic mass is 10.0. The zero-order chi connectivity index (χ0) is 20.6. The van der Waals surface area contributed by atoms with Crippen LogP contribution in [0.5, 0.6) is 0 Å². The quantitative estimate of drug-likeness (QED) is 0.607. The van der Waals surface area contributed by atoms with Gasteiger partial charge in [-0.3, -0.25) is 4.79 Å². The van der Waals surface area contributed by atoms with Crippen LogP contribution in [0.1, 0.15) is 38.0 Å². The van der Waals surface area contributed by atoms with Crippen LogP contribution in [-0.2, 0) is 7.05 Å². The van der Waals surface area contributed by atoms with E-state index in [1.54, 1.807) is 17.7 Å². The van der Waals surface area contributed by atoms with Crippen molar-refractivity contribution in [1.82, 2.24) is 9.88 Å². The average molecular weight is 405 g/mol. The Hall–Kier alpha value is -2.90. The van der Waals surface area contributed by atoms with Crippen LogP contribution in [0, 0.1) is 12.7 Å². The van der Waals surface area contributed by atoms with Crippen molar-refractivity contribution in [2.75, 3.05) is 6.61 Å². The molecule has 1 atom stereocenters. The molecule has 8 heteroatoms. The molecule has 1 amide bonds. The molecule has 0 fully saturated rings. The molecule has 3 N–H and O–H groups in total. The molecular formula is C20H18ClFN2O4. The zero-order valence-electron chi connectivity index (χ0n) is 15.2. The number of fused-ring (bicyclic) bond motifs is 1. The highest BCUT2D eigenvalue weighted by molar-refractivity contribution is 6.36. The van der Waals surface area contributed by atoms with E-state index in [9.17, 15) is 19.1 Å². The maximum atomic E-state index is 14.3. The first-order valence-corrected chi connectivity index (χ1v) is 8.81. The first-order chi connectivity index (χ1) is 13.2. The third-order valence-corrected chi connectivity index (χ3v) is 5.20. The number of nitrogens with zero attached hydrogens (tertiary/aromatic N) is 1. The Balaban J connectivity index is 1.93. The minimum atomic E-state index is -1.27. The SMILES string of the molecule is Cc1ccc2c(cc(C(=O)N[C@H](CO)c3ccc(C(=O)O)cc3F)n2C)c1Cl. The predicted octanol–water partition coefficient (Wildman–Crippen LogP) is 3.44. The molecule has 0 radical (unpaired) electrons. The van der Waals surface area contributed by atoms with Gasteiger partial charge in [0.2, 0.25) is 0 Å². The van der Waals surface area contributed by atoms with Crippen LogP contribution in [-0.4, -0.2) is 33.3 Å². The summed E-state index contributed by atoms with van der Waals surface area (Å²) in [7, 11) is 1.71. The van der Waals surface area contributed by atoms with Gasteiger partial charge in [-0.25, -0.2) is 9.18 Å². The summed E-state index contributed by atoms with van der Waals surface area (Å²) in [4.78, 5) is 23.7. The highest BCUT2D eigenvalue weighted by Crippen LogP contribution is 2.29. The second-order valence-corrected chi connectivity index (χ2v) is 6.85. The van der Waals surface area contributed by atoms with Gasteiger partial charge in [-0.05, 0) is 36.8 Å². The monoisotopic (exact) mass is 404 g/mol. The van der Waals surface area contributed by atoms with Crippen LogP contribution in [0.2, 0.25) is 5.02 Å². The first kappa shape index (κ1) is 19.9. The molecule has 3 aromatic rings. The number of aliphatic hydroxyl groups excluding tert-OH is 1. The van der Waals surface area contributed by atoms with Gasteiger partial charge in [-0.1, -0.05) is 23.7 Å². The number of carbonyl (C=O) groups is 2. The van der Waals surface area contributed by atoms with E-state index in [4.69, 9.17) is 16.7 Å². The summed E-state index contributed by atoms with van der Waals surface area (Å²) >= 11 is 6.32. The fourth-order valence-corrected chi connectivity index (χ4v) is 3.31. The van der Waals surface area contributed by atoms with Crippen LogP contribution >= 0.6 is 11.6 Å². The summed E-state index contributed by atoms with van der Waals surface area (Å²) in [6.45, 7) is 1.30. The molecule has 28 heavy (non-hydrogen) atoms. The number of aryl methyl sites for hydroxylation is 2. The van der Waals surface area contributed by atoms with E-state index in [1.807, 2.05) is 19.1 Å². The molecule has 146 valence electrons. The number of carbonyl (C=O) groups excluding carboxylic acids is 1. The van der Waals surface area contributed by atoms with Gasteiger partial charge in [0.05, 0.1) is 23.2 Å². The second kappa shape index (κ2) is 7.61. The Labute approximate surface area is 165 Å². The van der Waals surface area contributed by atoms with Crippen molar-refractivity contribution in [3.63, 3.8) is 0 Å². The van der Waals surface area contributed by atoms with E-state index in [0.29, 0.717) is 16.1 Å². The van der Waals surface area contributed by atoms with E-state index in [1.165, 1.54) is 12.1 Å². The van der Waals surface area contributed by atoms with Crippen LogP contribution in [0.15, 0.2) is 36.4 Å². The van der Waals surface area contributed by atoms with Gasteiger partial charge in [0.15, 0.2) is 0 Å². The normalized spacial score (nSPS) is 12.2. The minimum absolute atomic E-state index is 0.00603. The molecule has 0 bridgehead atoms. The summed E-state index contributed by atoms with van der Waals surface area (Å²) < 4.78 is 16.0. The molecular weight excluding hydrogens is 387 g/mol. The summed E-state index contributed by atoms with van der Waals surface area (Å²) in [5, 5.41) is 22.4. The molecule has 0 saturated carbocycles. The Morgan fingerprint density at radius 2 is 1.96 bits per heavy atom. The number of aliphatic hydroxyl groups is 1. The highest BCUT2D eigenvalue weighted by atomic mass is 35.5. The Bertz CT molecular complexity index is 1090. The number of halogens is 2. The number of benzene rings is 2. The number of hydrogen-bond donors (Lipinski definition) is 3. The number of nitrogens with one attached hydrogen (secondary N) is 1. The second-order valence-electron chi connectivity index (χ2n) is 6.47. The summed E-state index contributed by atoms with van der Waals surface area (Å²) in [6.07, 6.45) is 0. The van der Waals surface area contributed by atoms with Crippen molar-refractivity contribution in [3.8, 4) is 0 Å². The third-order valence-electron chi connectivity index (χ3n) is 4.70. The van der Waals surface area contributed by atoms with E-state index in [-0.39, 0.29) is 11.1 Å². The number of hydrogen-bond acceptors (Lipinski definition) is 3. The topological polar surface area (TPSA) is 91.6 Å². The van der Waals surface area contributed by atoms with Gasteiger partial charge in [0.1, 0.15) is 11.5 Å². The largest absolute Gasteiger partial charge is 0.478 e. The van der Waals surface area contributed by atoms with E-state index in [2.05, 4.69) is 5.32 Å². The van der Waals surface area contributed by atoms with Crippen LogP contribution in [0.4, 0.5) is 4.39 Å². The van der Waals surface area contributed by atoms with E-state index in [0.717, 1.165) is 17.1 Å². The van der Waals surface area contributed by atoms with E-state index < -0.39 is 30.3 Å². The maximum absolute atomic E-state index is 14.3. The van der Waals surface area contributed by atoms with Crippen molar-refractivity contribution in [1.29, 1.82) is 0 Å². The molecule has 3 rings (SSSR count). The van der Waals surface area contributed by atoms with Crippen molar-refractivity contribution in [3.05, 3.63) is 69.6 Å². The van der Waals surface area contributed by atoms with Gasteiger partial charge in [0.25, 0.3) is 5.91 Å². The van der Waals surface area contributed by atoms with Gasteiger partial charge in [-0.2, -0.15) is 0 Å². The molecule has 0 aliphatic heterocycles. The van der Waals surface area contributed by atoms with Crippen molar-refractivity contribution >= 4 is 34.4 Å². The molecule has 2 aromatic carbocycles. The highest BCUT2D eigenvalue weighted by Gasteiger charge is 2.22. The number of carboxylic acids is 1. The summed E-state index contributed by atoms with van der Waals surface area (Å²) in [5.41, 5.74) is 1.71. The first-order valence-electron chi connectivity index (χ1n) is 8.43. The predicted molar refractivity (Wildman–Crippen MR) is 103 cm³/mol. The summed E-state index contributed by atoms with van der Waals surface area (Å²) in [5.74, 6) is -2.61. The van der Waals surface area contributed by atoms with Gasteiger partial charge in [0, 0.05) is 23.5 Å². The lowest BCUT2D eigenvalue weighted by Crippen LogP contribution is -2.32. The Kier molecular flexibility index (Phi) is 5.40. The van der Waals surface area contributed by atoms with E-state index >= 15 is 0 Å².